The quantitative estimate of drug-likeness (QED) is 0.812. The first-order valence-electron chi connectivity index (χ1n) is 7.40. The molecule has 0 bridgehead atoms. The van der Waals surface area contributed by atoms with E-state index in [0.29, 0.717) is 6.42 Å². The SMILES string of the molecule is C=C(CC(O)c1ccccc1)c1ccccc1[Si](C)(C)C. The highest BCUT2D eigenvalue weighted by Crippen LogP contribution is 2.26. The van der Waals surface area contributed by atoms with Gasteiger partial charge in [0, 0.05) is 6.42 Å². The standard InChI is InChI=1S/C19H24OSi/c1-15(14-18(20)16-10-6-5-7-11-16)17-12-8-9-13-19(17)21(2,3)4/h5-13,18,20H,1,14H2,2-4H3. The van der Waals surface area contributed by atoms with E-state index in [-0.39, 0.29) is 0 Å². The van der Waals surface area contributed by atoms with Gasteiger partial charge in [-0.1, -0.05) is 86.0 Å². The van der Waals surface area contributed by atoms with Crippen LogP contribution in [0, 0.1) is 0 Å². The Bertz CT molecular complexity index is 611. The summed E-state index contributed by atoms with van der Waals surface area (Å²) in [5.74, 6) is 0. The summed E-state index contributed by atoms with van der Waals surface area (Å²) in [5.41, 5.74) is 3.18. The topological polar surface area (TPSA) is 20.2 Å². The Morgan fingerprint density at radius 2 is 1.57 bits per heavy atom. The Morgan fingerprint density at radius 1 is 1.00 bits per heavy atom. The maximum atomic E-state index is 10.4. The minimum atomic E-state index is -1.41. The highest BCUT2D eigenvalue weighted by atomic mass is 28.3. The molecule has 21 heavy (non-hydrogen) atoms. The molecule has 2 heteroatoms. The van der Waals surface area contributed by atoms with Crippen LogP contribution < -0.4 is 5.19 Å². The zero-order valence-corrected chi connectivity index (χ0v) is 14.1. The first kappa shape index (κ1) is 15.7. The highest BCUT2D eigenvalue weighted by molar-refractivity contribution is 6.89. The monoisotopic (exact) mass is 296 g/mol. The molecule has 0 aliphatic heterocycles. The number of rotatable bonds is 5. The fraction of sp³-hybridized carbons (Fsp3) is 0.263. The molecule has 0 fully saturated rings. The fourth-order valence-corrected chi connectivity index (χ4v) is 4.25. The number of benzene rings is 2. The molecular formula is C19H24OSi. The van der Waals surface area contributed by atoms with Crippen molar-refractivity contribution < 1.29 is 5.11 Å². The van der Waals surface area contributed by atoms with E-state index in [4.69, 9.17) is 0 Å². The lowest BCUT2D eigenvalue weighted by atomic mass is 9.97. The molecule has 0 radical (unpaired) electrons. The van der Waals surface area contributed by atoms with Gasteiger partial charge >= 0.3 is 0 Å². The van der Waals surface area contributed by atoms with Crippen molar-refractivity contribution in [3.05, 3.63) is 72.3 Å². The molecule has 2 aromatic rings. The van der Waals surface area contributed by atoms with Crippen molar-refractivity contribution in [1.82, 2.24) is 0 Å². The van der Waals surface area contributed by atoms with Crippen molar-refractivity contribution in [2.45, 2.75) is 32.2 Å². The van der Waals surface area contributed by atoms with Gasteiger partial charge in [-0.15, -0.1) is 0 Å². The molecule has 0 amide bonds. The molecule has 0 saturated carbocycles. The minimum Gasteiger partial charge on any atom is -0.388 e. The summed E-state index contributed by atoms with van der Waals surface area (Å²) < 4.78 is 0. The summed E-state index contributed by atoms with van der Waals surface area (Å²) in [4.78, 5) is 0. The summed E-state index contributed by atoms with van der Waals surface area (Å²) in [6, 6.07) is 18.3. The van der Waals surface area contributed by atoms with E-state index in [1.165, 1.54) is 10.8 Å². The summed E-state index contributed by atoms with van der Waals surface area (Å²) in [7, 11) is -1.41. The third kappa shape index (κ3) is 3.93. The molecule has 0 saturated heterocycles. The molecule has 0 aromatic heterocycles. The third-order valence-corrected chi connectivity index (χ3v) is 5.79. The van der Waals surface area contributed by atoms with E-state index in [1.807, 2.05) is 30.3 Å². The van der Waals surface area contributed by atoms with Crippen LogP contribution in [0.25, 0.3) is 5.57 Å². The largest absolute Gasteiger partial charge is 0.388 e. The highest BCUT2D eigenvalue weighted by Gasteiger charge is 2.21. The molecule has 110 valence electrons. The van der Waals surface area contributed by atoms with E-state index < -0.39 is 14.2 Å². The van der Waals surface area contributed by atoms with Crippen LogP contribution in [0.5, 0.6) is 0 Å². The molecular weight excluding hydrogens is 272 g/mol. The van der Waals surface area contributed by atoms with Crippen LogP contribution in [0.2, 0.25) is 19.6 Å². The summed E-state index contributed by atoms with van der Waals surface area (Å²) in [6.07, 6.45) is 0.0827. The van der Waals surface area contributed by atoms with Crippen LogP contribution in [0.4, 0.5) is 0 Å². The second-order valence-electron chi connectivity index (χ2n) is 6.53. The molecule has 0 heterocycles. The number of aliphatic hydroxyl groups excluding tert-OH is 1. The molecule has 1 nitrogen and oxygen atoms in total. The fourth-order valence-electron chi connectivity index (χ4n) is 2.58. The predicted molar refractivity (Wildman–Crippen MR) is 94.5 cm³/mol. The second kappa shape index (κ2) is 6.42. The van der Waals surface area contributed by atoms with Gasteiger partial charge in [-0.3, -0.25) is 0 Å². The van der Waals surface area contributed by atoms with Crippen molar-refractivity contribution in [2.75, 3.05) is 0 Å². The van der Waals surface area contributed by atoms with E-state index in [2.05, 4.69) is 50.5 Å². The lowest BCUT2D eigenvalue weighted by Gasteiger charge is -2.23. The smallest absolute Gasteiger partial charge is 0.0830 e. The van der Waals surface area contributed by atoms with Crippen LogP contribution in [0.15, 0.2) is 61.2 Å². The van der Waals surface area contributed by atoms with Crippen molar-refractivity contribution in [1.29, 1.82) is 0 Å². The van der Waals surface area contributed by atoms with Crippen molar-refractivity contribution >= 4 is 18.8 Å². The van der Waals surface area contributed by atoms with E-state index in [0.717, 1.165) is 11.1 Å². The van der Waals surface area contributed by atoms with Gasteiger partial charge in [0.1, 0.15) is 0 Å². The average Bonchev–Trinajstić information content (AvgIpc) is 2.47. The van der Waals surface area contributed by atoms with Gasteiger partial charge in [-0.05, 0) is 16.7 Å². The maximum Gasteiger partial charge on any atom is 0.0830 e. The van der Waals surface area contributed by atoms with Crippen molar-refractivity contribution in [2.24, 2.45) is 0 Å². The molecule has 0 spiro atoms. The lowest BCUT2D eigenvalue weighted by Crippen LogP contribution is -2.39. The normalized spacial score (nSPS) is 13.0. The summed E-state index contributed by atoms with van der Waals surface area (Å²) >= 11 is 0. The molecule has 2 rings (SSSR count). The maximum absolute atomic E-state index is 10.4. The Kier molecular flexibility index (Phi) is 4.81. The van der Waals surface area contributed by atoms with Crippen LogP contribution in [0.1, 0.15) is 23.7 Å². The third-order valence-electron chi connectivity index (χ3n) is 3.74. The zero-order valence-electron chi connectivity index (χ0n) is 13.1. The van der Waals surface area contributed by atoms with Crippen molar-refractivity contribution in [3.8, 4) is 0 Å². The van der Waals surface area contributed by atoms with E-state index in [9.17, 15) is 5.11 Å². The zero-order chi connectivity index (χ0) is 15.5. The van der Waals surface area contributed by atoms with Gasteiger partial charge in [0.05, 0.1) is 14.2 Å². The second-order valence-corrected chi connectivity index (χ2v) is 11.6. The van der Waals surface area contributed by atoms with Gasteiger partial charge in [0.15, 0.2) is 0 Å². The Labute approximate surface area is 129 Å². The summed E-state index contributed by atoms with van der Waals surface area (Å²) in [6.45, 7) is 11.2. The number of hydrogen-bond donors (Lipinski definition) is 1. The Morgan fingerprint density at radius 3 is 2.19 bits per heavy atom. The van der Waals surface area contributed by atoms with Gasteiger partial charge < -0.3 is 5.11 Å². The molecule has 2 aromatic carbocycles. The van der Waals surface area contributed by atoms with Gasteiger partial charge in [0.25, 0.3) is 0 Å². The van der Waals surface area contributed by atoms with Gasteiger partial charge in [-0.2, -0.15) is 0 Å². The Hall–Kier alpha value is -1.64. The van der Waals surface area contributed by atoms with E-state index >= 15 is 0 Å². The predicted octanol–water partition coefficient (Wildman–Crippen LogP) is 4.37. The summed E-state index contributed by atoms with van der Waals surface area (Å²) in [5, 5.41) is 11.8. The van der Waals surface area contributed by atoms with Crippen LogP contribution in [0.3, 0.4) is 0 Å². The first-order chi connectivity index (χ1) is 9.89. The molecule has 1 unspecified atom stereocenters. The Balaban J connectivity index is 2.22. The van der Waals surface area contributed by atoms with Gasteiger partial charge in [-0.25, -0.2) is 0 Å². The average molecular weight is 296 g/mol. The number of hydrogen-bond acceptors (Lipinski definition) is 1. The van der Waals surface area contributed by atoms with Crippen LogP contribution >= 0.6 is 0 Å². The van der Waals surface area contributed by atoms with Crippen LogP contribution in [-0.4, -0.2) is 13.2 Å². The molecule has 1 N–H and O–H groups in total. The molecule has 0 aliphatic rings. The van der Waals surface area contributed by atoms with Crippen molar-refractivity contribution in [3.63, 3.8) is 0 Å². The minimum absolute atomic E-state index is 0.492. The lowest BCUT2D eigenvalue weighted by molar-refractivity contribution is 0.184. The van der Waals surface area contributed by atoms with E-state index in [1.54, 1.807) is 0 Å². The molecule has 1 atom stereocenters. The van der Waals surface area contributed by atoms with Crippen LogP contribution in [-0.2, 0) is 0 Å². The van der Waals surface area contributed by atoms with Gasteiger partial charge in [0.2, 0.25) is 0 Å². The number of aliphatic hydroxyl groups is 1. The first-order valence-corrected chi connectivity index (χ1v) is 10.9. The molecule has 0 aliphatic carbocycles.